The SMILES string of the molecule is CCNC(=O)C(C)N(Cc1c(Cl)cccc1Cl)C(=O)CN(c1ccc2c(c1)OCO2)S(C)(=O)=O. The Labute approximate surface area is 208 Å². The van der Waals surface area contributed by atoms with Crippen LogP contribution in [0, 0.1) is 0 Å². The third kappa shape index (κ3) is 5.86. The molecule has 3 rings (SSSR count). The van der Waals surface area contributed by atoms with Crippen molar-refractivity contribution in [3.05, 3.63) is 52.0 Å². The van der Waals surface area contributed by atoms with Gasteiger partial charge in [0.25, 0.3) is 0 Å². The van der Waals surface area contributed by atoms with E-state index in [1.54, 1.807) is 38.1 Å². The zero-order valence-electron chi connectivity index (χ0n) is 18.9. The Morgan fingerprint density at radius 3 is 2.38 bits per heavy atom. The van der Waals surface area contributed by atoms with Crippen LogP contribution in [-0.2, 0) is 26.2 Å². The first-order valence-corrected chi connectivity index (χ1v) is 13.0. The molecule has 1 N–H and O–H groups in total. The molecule has 1 aliphatic heterocycles. The lowest BCUT2D eigenvalue weighted by Gasteiger charge is -2.31. The molecule has 2 aromatic rings. The van der Waals surface area contributed by atoms with Crippen LogP contribution in [0.2, 0.25) is 10.0 Å². The largest absolute Gasteiger partial charge is 0.454 e. The zero-order chi connectivity index (χ0) is 25.0. The van der Waals surface area contributed by atoms with E-state index >= 15 is 0 Å². The van der Waals surface area contributed by atoms with Crippen molar-refractivity contribution >= 4 is 50.7 Å². The number of ether oxygens (including phenoxy) is 2. The highest BCUT2D eigenvalue weighted by molar-refractivity contribution is 7.92. The molecule has 0 spiro atoms. The maximum Gasteiger partial charge on any atom is 0.244 e. The smallest absolute Gasteiger partial charge is 0.244 e. The highest BCUT2D eigenvalue weighted by Crippen LogP contribution is 2.36. The van der Waals surface area contributed by atoms with Crippen molar-refractivity contribution in [3.63, 3.8) is 0 Å². The number of anilines is 1. The van der Waals surface area contributed by atoms with Gasteiger partial charge in [0.1, 0.15) is 12.6 Å². The van der Waals surface area contributed by atoms with Crippen LogP contribution >= 0.6 is 23.2 Å². The maximum atomic E-state index is 13.5. The molecule has 2 aromatic carbocycles. The molecule has 12 heteroatoms. The van der Waals surface area contributed by atoms with E-state index in [0.717, 1.165) is 10.6 Å². The van der Waals surface area contributed by atoms with E-state index in [9.17, 15) is 18.0 Å². The van der Waals surface area contributed by atoms with Crippen molar-refractivity contribution in [2.24, 2.45) is 0 Å². The molecular formula is C22H25Cl2N3O6S. The number of fused-ring (bicyclic) bond motifs is 1. The van der Waals surface area contributed by atoms with Gasteiger partial charge in [-0.1, -0.05) is 29.3 Å². The van der Waals surface area contributed by atoms with Gasteiger partial charge >= 0.3 is 0 Å². The third-order valence-corrected chi connectivity index (χ3v) is 7.08. The van der Waals surface area contributed by atoms with Crippen LogP contribution in [0.25, 0.3) is 0 Å². The van der Waals surface area contributed by atoms with Crippen molar-refractivity contribution in [1.29, 1.82) is 0 Å². The van der Waals surface area contributed by atoms with E-state index < -0.39 is 34.4 Å². The van der Waals surface area contributed by atoms with Crippen LogP contribution in [-0.4, -0.2) is 57.3 Å². The molecule has 0 fully saturated rings. The predicted molar refractivity (Wildman–Crippen MR) is 130 cm³/mol. The molecular weight excluding hydrogens is 505 g/mol. The lowest BCUT2D eigenvalue weighted by atomic mass is 10.1. The molecule has 9 nitrogen and oxygen atoms in total. The summed E-state index contributed by atoms with van der Waals surface area (Å²) in [7, 11) is -3.87. The van der Waals surface area contributed by atoms with Gasteiger partial charge < -0.3 is 19.7 Å². The zero-order valence-corrected chi connectivity index (χ0v) is 21.2. The van der Waals surface area contributed by atoms with Crippen molar-refractivity contribution in [2.45, 2.75) is 26.4 Å². The van der Waals surface area contributed by atoms with Crippen LogP contribution in [0.1, 0.15) is 19.4 Å². The second-order valence-electron chi connectivity index (χ2n) is 7.60. The van der Waals surface area contributed by atoms with Crippen LogP contribution in [0.15, 0.2) is 36.4 Å². The number of hydrogen-bond donors (Lipinski definition) is 1. The number of benzene rings is 2. The monoisotopic (exact) mass is 529 g/mol. The first-order chi connectivity index (χ1) is 16.0. The van der Waals surface area contributed by atoms with E-state index in [-0.39, 0.29) is 19.0 Å². The summed E-state index contributed by atoms with van der Waals surface area (Å²) in [5.74, 6) is -0.164. The van der Waals surface area contributed by atoms with Gasteiger partial charge in [-0.3, -0.25) is 13.9 Å². The van der Waals surface area contributed by atoms with Gasteiger partial charge in [-0.15, -0.1) is 0 Å². The van der Waals surface area contributed by atoms with Crippen molar-refractivity contribution < 1.29 is 27.5 Å². The second-order valence-corrected chi connectivity index (χ2v) is 10.3. The summed E-state index contributed by atoms with van der Waals surface area (Å²) in [6.07, 6.45) is 0.993. The van der Waals surface area contributed by atoms with E-state index in [1.165, 1.54) is 17.0 Å². The summed E-state index contributed by atoms with van der Waals surface area (Å²) < 4.78 is 36.8. The molecule has 0 saturated carbocycles. The molecule has 1 aliphatic rings. The Hall–Kier alpha value is -2.69. The molecule has 184 valence electrons. The van der Waals surface area contributed by atoms with Gasteiger partial charge in [0.15, 0.2) is 11.5 Å². The van der Waals surface area contributed by atoms with Gasteiger partial charge in [-0.25, -0.2) is 8.42 Å². The highest BCUT2D eigenvalue weighted by Gasteiger charge is 2.31. The molecule has 0 saturated heterocycles. The fraction of sp³-hybridized carbons (Fsp3) is 0.364. The van der Waals surface area contributed by atoms with Gasteiger partial charge in [0.2, 0.25) is 28.6 Å². The van der Waals surface area contributed by atoms with Gasteiger partial charge in [-0.2, -0.15) is 0 Å². The maximum absolute atomic E-state index is 13.5. The minimum Gasteiger partial charge on any atom is -0.454 e. The minimum atomic E-state index is -3.87. The number of hydrogen-bond acceptors (Lipinski definition) is 6. The summed E-state index contributed by atoms with van der Waals surface area (Å²) in [5.41, 5.74) is 0.672. The number of rotatable bonds is 9. The molecule has 0 radical (unpaired) electrons. The number of carbonyl (C=O) groups is 2. The summed E-state index contributed by atoms with van der Waals surface area (Å²) in [4.78, 5) is 27.3. The number of amides is 2. The van der Waals surface area contributed by atoms with E-state index in [1.807, 2.05) is 0 Å². The van der Waals surface area contributed by atoms with E-state index in [2.05, 4.69) is 5.32 Å². The van der Waals surface area contributed by atoms with Gasteiger partial charge in [-0.05, 0) is 38.1 Å². The van der Waals surface area contributed by atoms with Gasteiger partial charge in [0.05, 0.1) is 11.9 Å². The first-order valence-electron chi connectivity index (χ1n) is 10.4. The Kier molecular flexibility index (Phi) is 8.17. The standard InChI is InChI=1S/C22H25Cl2N3O6S/c1-4-25-22(29)14(2)26(11-16-17(23)6-5-7-18(16)24)21(28)12-27(34(3,30)31)15-8-9-19-20(10-15)33-13-32-19/h5-10,14H,4,11-13H2,1-3H3,(H,25,29). The van der Waals surface area contributed by atoms with Crippen molar-refractivity contribution in [1.82, 2.24) is 10.2 Å². The third-order valence-electron chi connectivity index (χ3n) is 5.23. The molecule has 1 heterocycles. The fourth-order valence-corrected chi connectivity index (χ4v) is 4.77. The number of halogens is 2. The van der Waals surface area contributed by atoms with Crippen LogP contribution in [0.5, 0.6) is 11.5 Å². The first kappa shape index (κ1) is 25.9. The summed E-state index contributed by atoms with van der Waals surface area (Å²) in [6, 6.07) is 8.56. The average molecular weight is 530 g/mol. The summed E-state index contributed by atoms with van der Waals surface area (Å²) >= 11 is 12.6. The molecule has 1 unspecified atom stereocenters. The number of likely N-dealkylation sites (N-methyl/N-ethyl adjacent to an activating group) is 1. The molecule has 34 heavy (non-hydrogen) atoms. The number of nitrogens with one attached hydrogen (secondary N) is 1. The Bertz CT molecular complexity index is 1170. The predicted octanol–water partition coefficient (Wildman–Crippen LogP) is 3.04. The number of sulfonamides is 1. The van der Waals surface area contributed by atoms with Gasteiger partial charge in [0, 0.05) is 34.8 Å². The van der Waals surface area contributed by atoms with Crippen LogP contribution in [0.4, 0.5) is 5.69 Å². The molecule has 0 bridgehead atoms. The summed E-state index contributed by atoms with van der Waals surface area (Å²) in [6.45, 7) is 3.06. The molecule has 1 atom stereocenters. The number of nitrogens with zero attached hydrogens (tertiary/aromatic N) is 2. The normalized spacial score (nSPS) is 13.3. The summed E-state index contributed by atoms with van der Waals surface area (Å²) in [5, 5.41) is 3.32. The van der Waals surface area contributed by atoms with E-state index in [4.69, 9.17) is 32.7 Å². The lowest BCUT2D eigenvalue weighted by molar-refractivity contribution is -0.139. The Morgan fingerprint density at radius 2 is 1.76 bits per heavy atom. The van der Waals surface area contributed by atoms with Crippen molar-refractivity contribution in [2.75, 3.05) is 30.4 Å². The average Bonchev–Trinajstić information content (AvgIpc) is 3.24. The lowest BCUT2D eigenvalue weighted by Crippen LogP contribution is -2.51. The van der Waals surface area contributed by atoms with Crippen molar-refractivity contribution in [3.8, 4) is 11.5 Å². The number of carbonyl (C=O) groups excluding carboxylic acids is 2. The highest BCUT2D eigenvalue weighted by atomic mass is 35.5. The van der Waals surface area contributed by atoms with E-state index in [0.29, 0.717) is 33.7 Å². The van der Waals surface area contributed by atoms with Crippen LogP contribution < -0.4 is 19.1 Å². The molecule has 0 aliphatic carbocycles. The molecule has 0 aromatic heterocycles. The van der Waals surface area contributed by atoms with Crippen LogP contribution in [0.3, 0.4) is 0 Å². The second kappa shape index (κ2) is 10.7. The Morgan fingerprint density at radius 1 is 1.12 bits per heavy atom. The topological polar surface area (TPSA) is 105 Å². The minimum absolute atomic E-state index is 0.0209. The fourth-order valence-electron chi connectivity index (χ4n) is 3.41. The quantitative estimate of drug-likeness (QED) is 0.535. The molecule has 2 amide bonds. The Balaban J connectivity index is 1.95.